The Labute approximate surface area is 118 Å². The molecule has 1 heterocycles. The minimum absolute atomic E-state index is 0.286. The summed E-state index contributed by atoms with van der Waals surface area (Å²) in [4.78, 5) is 16.2. The molecule has 0 fully saturated rings. The minimum atomic E-state index is -0.317. The fraction of sp³-hybridized carbons (Fsp3) is 0.188. The molecule has 1 aromatic carbocycles. The molecule has 20 heavy (non-hydrogen) atoms. The molecule has 0 aliphatic heterocycles. The molecule has 1 N–H and O–H groups in total. The van der Waals surface area contributed by atoms with Gasteiger partial charge < -0.3 is 5.32 Å². The molecule has 0 aliphatic rings. The highest BCUT2D eigenvalue weighted by Crippen LogP contribution is 2.24. The molecule has 0 bridgehead atoms. The van der Waals surface area contributed by atoms with Crippen LogP contribution in [0.5, 0.6) is 0 Å². The largest absolute Gasteiger partial charge is 0.322 e. The number of hydrogen-bond donors (Lipinski definition) is 1. The average Bonchev–Trinajstić information content (AvgIpc) is 2.47. The van der Waals surface area contributed by atoms with E-state index in [1.165, 1.54) is 18.5 Å². The topological polar surface area (TPSA) is 65.8 Å². The third-order valence-corrected chi connectivity index (χ3v) is 3.02. The number of carbonyl (C=O) groups excluding carboxylic acids is 1. The molecule has 0 saturated carbocycles. The number of amides is 1. The van der Waals surface area contributed by atoms with Crippen LogP contribution >= 0.6 is 0 Å². The quantitative estimate of drug-likeness (QED) is 0.925. The van der Waals surface area contributed by atoms with Crippen molar-refractivity contribution in [2.75, 3.05) is 5.32 Å². The Hall–Kier alpha value is -2.67. The number of nitrogens with one attached hydrogen (secondary N) is 1. The SMILES string of the molecule is CC(C)c1ccccc1NC(=O)c1cnccc1C#N. The van der Waals surface area contributed by atoms with Crippen LogP contribution in [-0.2, 0) is 0 Å². The Morgan fingerprint density at radius 1 is 1.30 bits per heavy atom. The lowest BCUT2D eigenvalue weighted by Gasteiger charge is -2.13. The molecule has 2 rings (SSSR count). The van der Waals surface area contributed by atoms with Gasteiger partial charge in [-0.1, -0.05) is 32.0 Å². The van der Waals surface area contributed by atoms with E-state index >= 15 is 0 Å². The second kappa shape index (κ2) is 5.98. The van der Waals surface area contributed by atoms with Crippen molar-refractivity contribution < 1.29 is 4.79 Å². The first-order valence-corrected chi connectivity index (χ1v) is 6.38. The van der Waals surface area contributed by atoms with Crippen molar-refractivity contribution in [3.63, 3.8) is 0 Å². The number of nitriles is 1. The molecule has 0 aliphatic carbocycles. The van der Waals surface area contributed by atoms with Crippen molar-refractivity contribution in [1.29, 1.82) is 5.26 Å². The van der Waals surface area contributed by atoms with Crippen LogP contribution in [0.25, 0.3) is 0 Å². The molecular formula is C16H15N3O. The molecule has 0 unspecified atom stereocenters. The van der Waals surface area contributed by atoms with Crippen molar-refractivity contribution in [3.05, 3.63) is 59.4 Å². The van der Waals surface area contributed by atoms with Gasteiger partial charge in [0, 0.05) is 18.1 Å². The third-order valence-electron chi connectivity index (χ3n) is 3.02. The summed E-state index contributed by atoms with van der Waals surface area (Å²) >= 11 is 0. The predicted molar refractivity (Wildman–Crippen MR) is 77.4 cm³/mol. The number of rotatable bonds is 3. The van der Waals surface area contributed by atoms with Crippen molar-refractivity contribution in [2.45, 2.75) is 19.8 Å². The Bertz CT molecular complexity index is 671. The maximum atomic E-state index is 12.3. The lowest BCUT2D eigenvalue weighted by molar-refractivity contribution is 0.102. The zero-order valence-electron chi connectivity index (χ0n) is 11.4. The molecule has 100 valence electrons. The van der Waals surface area contributed by atoms with Crippen LogP contribution in [0.1, 0.15) is 41.3 Å². The van der Waals surface area contributed by atoms with E-state index in [2.05, 4.69) is 24.1 Å². The molecule has 1 aromatic heterocycles. The van der Waals surface area contributed by atoms with Gasteiger partial charge in [0.05, 0.1) is 11.1 Å². The number of carbonyl (C=O) groups is 1. The molecule has 0 saturated heterocycles. The fourth-order valence-electron chi connectivity index (χ4n) is 1.98. The van der Waals surface area contributed by atoms with Gasteiger partial charge in [-0.2, -0.15) is 5.26 Å². The van der Waals surface area contributed by atoms with E-state index in [9.17, 15) is 4.79 Å². The first kappa shape index (κ1) is 13.8. The summed E-state index contributed by atoms with van der Waals surface area (Å²) in [6.07, 6.45) is 2.91. The van der Waals surface area contributed by atoms with Crippen LogP contribution in [-0.4, -0.2) is 10.9 Å². The van der Waals surface area contributed by atoms with E-state index in [-0.39, 0.29) is 11.5 Å². The highest BCUT2D eigenvalue weighted by Gasteiger charge is 2.14. The standard InChI is InChI=1S/C16H15N3O/c1-11(2)13-5-3-4-6-15(13)19-16(20)14-10-18-8-7-12(14)9-17/h3-8,10-11H,1-2H3,(H,19,20). The molecule has 4 nitrogen and oxygen atoms in total. The van der Waals surface area contributed by atoms with Crippen molar-refractivity contribution >= 4 is 11.6 Å². The Morgan fingerprint density at radius 3 is 2.75 bits per heavy atom. The summed E-state index contributed by atoms with van der Waals surface area (Å²) in [7, 11) is 0. The van der Waals surface area contributed by atoms with E-state index in [0.29, 0.717) is 11.5 Å². The van der Waals surface area contributed by atoms with Gasteiger partial charge in [-0.3, -0.25) is 9.78 Å². The lowest BCUT2D eigenvalue weighted by Crippen LogP contribution is -2.15. The third kappa shape index (κ3) is 2.83. The highest BCUT2D eigenvalue weighted by molar-refractivity contribution is 6.06. The number of anilines is 1. The van der Waals surface area contributed by atoms with Crippen LogP contribution < -0.4 is 5.32 Å². The number of hydrogen-bond acceptors (Lipinski definition) is 3. The van der Waals surface area contributed by atoms with E-state index in [4.69, 9.17) is 5.26 Å². The number of aromatic nitrogens is 1. The lowest BCUT2D eigenvalue weighted by atomic mass is 10.0. The summed E-state index contributed by atoms with van der Waals surface area (Å²) in [5, 5.41) is 11.9. The summed E-state index contributed by atoms with van der Waals surface area (Å²) in [5.74, 6) is -0.0152. The predicted octanol–water partition coefficient (Wildman–Crippen LogP) is 3.33. The first-order valence-electron chi connectivity index (χ1n) is 6.38. The molecule has 2 aromatic rings. The van der Waals surface area contributed by atoms with Crippen molar-refractivity contribution in [1.82, 2.24) is 4.98 Å². The van der Waals surface area contributed by atoms with Crippen LogP contribution in [0.2, 0.25) is 0 Å². The van der Waals surface area contributed by atoms with Gasteiger partial charge >= 0.3 is 0 Å². The number of nitrogens with zero attached hydrogens (tertiary/aromatic N) is 2. The second-order valence-corrected chi connectivity index (χ2v) is 4.73. The van der Waals surface area contributed by atoms with Gasteiger partial charge in [0.15, 0.2) is 0 Å². The summed E-state index contributed by atoms with van der Waals surface area (Å²) in [6.45, 7) is 4.13. The monoisotopic (exact) mass is 265 g/mol. The molecule has 0 atom stereocenters. The van der Waals surface area contributed by atoms with Crippen LogP contribution in [0, 0.1) is 11.3 Å². The molecular weight excluding hydrogens is 250 g/mol. The van der Waals surface area contributed by atoms with Gasteiger partial charge in [0.2, 0.25) is 0 Å². The second-order valence-electron chi connectivity index (χ2n) is 4.73. The first-order chi connectivity index (χ1) is 9.63. The fourth-order valence-corrected chi connectivity index (χ4v) is 1.98. The van der Waals surface area contributed by atoms with Gasteiger partial charge in [-0.25, -0.2) is 0 Å². The van der Waals surface area contributed by atoms with E-state index in [1.54, 1.807) is 0 Å². The van der Waals surface area contributed by atoms with Gasteiger partial charge in [0.25, 0.3) is 5.91 Å². The number of para-hydroxylation sites is 1. The summed E-state index contributed by atoms with van der Waals surface area (Å²) in [5.41, 5.74) is 2.43. The molecule has 0 spiro atoms. The molecule has 0 radical (unpaired) electrons. The van der Waals surface area contributed by atoms with E-state index in [1.807, 2.05) is 30.3 Å². The van der Waals surface area contributed by atoms with E-state index < -0.39 is 0 Å². The van der Waals surface area contributed by atoms with E-state index in [0.717, 1.165) is 11.3 Å². The maximum absolute atomic E-state index is 12.3. The Kier molecular flexibility index (Phi) is 4.11. The summed E-state index contributed by atoms with van der Waals surface area (Å²) < 4.78 is 0. The van der Waals surface area contributed by atoms with Crippen molar-refractivity contribution in [2.24, 2.45) is 0 Å². The number of benzene rings is 1. The minimum Gasteiger partial charge on any atom is -0.322 e. The Morgan fingerprint density at radius 2 is 2.05 bits per heavy atom. The summed E-state index contributed by atoms with van der Waals surface area (Å²) in [6, 6.07) is 11.2. The number of pyridine rings is 1. The Balaban J connectivity index is 2.31. The zero-order chi connectivity index (χ0) is 14.5. The van der Waals surface area contributed by atoms with Gasteiger partial charge in [-0.15, -0.1) is 0 Å². The molecule has 1 amide bonds. The average molecular weight is 265 g/mol. The zero-order valence-corrected chi connectivity index (χ0v) is 11.4. The smallest absolute Gasteiger partial charge is 0.258 e. The molecule has 4 heteroatoms. The van der Waals surface area contributed by atoms with Crippen LogP contribution in [0.3, 0.4) is 0 Å². The van der Waals surface area contributed by atoms with Crippen LogP contribution in [0.15, 0.2) is 42.7 Å². The van der Waals surface area contributed by atoms with Gasteiger partial charge in [0.1, 0.15) is 6.07 Å². The van der Waals surface area contributed by atoms with Gasteiger partial charge in [-0.05, 0) is 23.6 Å². The normalized spacial score (nSPS) is 10.1. The van der Waals surface area contributed by atoms with Crippen molar-refractivity contribution in [3.8, 4) is 6.07 Å². The highest BCUT2D eigenvalue weighted by atomic mass is 16.1. The maximum Gasteiger partial charge on any atom is 0.258 e. The van der Waals surface area contributed by atoms with Crippen LogP contribution in [0.4, 0.5) is 5.69 Å².